The van der Waals surface area contributed by atoms with Crippen molar-refractivity contribution in [1.82, 2.24) is 0 Å². The summed E-state index contributed by atoms with van der Waals surface area (Å²) in [5, 5.41) is 9.17. The molecule has 0 fully saturated rings. The van der Waals surface area contributed by atoms with Gasteiger partial charge in [-0.1, -0.05) is 44.9 Å². The average Bonchev–Trinajstić information content (AvgIpc) is 2.29. The molecule has 1 N–H and O–H groups in total. The van der Waals surface area contributed by atoms with E-state index in [2.05, 4.69) is 13.8 Å². The molecule has 0 aliphatic carbocycles. The minimum absolute atomic E-state index is 0.278. The van der Waals surface area contributed by atoms with Gasteiger partial charge in [-0.25, -0.2) is 4.39 Å². The van der Waals surface area contributed by atoms with Crippen LogP contribution in [0.15, 0.2) is 24.3 Å². The highest BCUT2D eigenvalue weighted by Crippen LogP contribution is 2.19. The Morgan fingerprint density at radius 1 is 1.28 bits per heavy atom. The molecule has 1 aromatic carbocycles. The molecule has 0 aromatic heterocycles. The molecule has 2 nitrogen and oxygen atoms in total. The number of carboxylic acid groups (broad SMARTS) is 1. The largest absolute Gasteiger partial charge is 0.481 e. The van der Waals surface area contributed by atoms with Gasteiger partial charge in [-0.2, -0.15) is 0 Å². The van der Waals surface area contributed by atoms with Crippen molar-refractivity contribution >= 4 is 5.97 Å². The highest BCUT2D eigenvalue weighted by atomic mass is 19.1. The molecule has 0 amide bonds. The maximum absolute atomic E-state index is 13.5. The third kappa shape index (κ3) is 4.86. The summed E-state index contributed by atoms with van der Waals surface area (Å²) in [6.45, 7) is 4.24. The minimum atomic E-state index is -0.831. The summed E-state index contributed by atoms with van der Waals surface area (Å²) >= 11 is 0. The first-order chi connectivity index (χ1) is 8.50. The summed E-state index contributed by atoms with van der Waals surface area (Å²) in [4.78, 5) is 11.2. The predicted octanol–water partition coefficient (Wildman–Crippen LogP) is 3.90. The van der Waals surface area contributed by atoms with Crippen LogP contribution >= 0.6 is 0 Å². The Kier molecular flexibility index (Phi) is 5.83. The van der Waals surface area contributed by atoms with E-state index in [0.29, 0.717) is 17.9 Å². The van der Waals surface area contributed by atoms with Gasteiger partial charge in [-0.3, -0.25) is 4.79 Å². The van der Waals surface area contributed by atoms with Crippen LogP contribution in [-0.4, -0.2) is 11.1 Å². The van der Waals surface area contributed by atoms with E-state index >= 15 is 0 Å². The van der Waals surface area contributed by atoms with E-state index < -0.39 is 11.9 Å². The fraction of sp³-hybridized carbons (Fsp3) is 0.533. The first-order valence-electron chi connectivity index (χ1n) is 6.47. The molecule has 0 saturated carbocycles. The summed E-state index contributed by atoms with van der Waals surface area (Å²) in [5.74, 6) is -1.05. The molecule has 0 heterocycles. The van der Waals surface area contributed by atoms with Gasteiger partial charge in [0.25, 0.3) is 0 Å². The van der Waals surface area contributed by atoms with E-state index in [1.807, 2.05) is 0 Å². The molecule has 1 atom stereocenters. The van der Waals surface area contributed by atoms with E-state index in [0.717, 1.165) is 12.8 Å². The molecule has 1 rings (SSSR count). The highest BCUT2D eigenvalue weighted by Gasteiger charge is 2.19. The van der Waals surface area contributed by atoms with Crippen LogP contribution in [0.5, 0.6) is 0 Å². The fourth-order valence-corrected chi connectivity index (χ4v) is 2.01. The van der Waals surface area contributed by atoms with Gasteiger partial charge in [0.05, 0.1) is 5.92 Å². The summed E-state index contributed by atoms with van der Waals surface area (Å²) in [5.41, 5.74) is 0.495. The molecule has 100 valence electrons. The van der Waals surface area contributed by atoms with Crippen molar-refractivity contribution in [2.75, 3.05) is 0 Å². The number of aliphatic carboxylic acids is 1. The van der Waals surface area contributed by atoms with Crippen LogP contribution < -0.4 is 0 Å². The van der Waals surface area contributed by atoms with Crippen LogP contribution in [0.3, 0.4) is 0 Å². The lowest BCUT2D eigenvalue weighted by atomic mass is 9.92. The van der Waals surface area contributed by atoms with Gasteiger partial charge in [0, 0.05) is 0 Å². The molecule has 3 heteroatoms. The quantitative estimate of drug-likeness (QED) is 0.799. The van der Waals surface area contributed by atoms with Gasteiger partial charge in [-0.15, -0.1) is 0 Å². The lowest BCUT2D eigenvalue weighted by Gasteiger charge is -2.13. The Hall–Kier alpha value is -1.38. The molecule has 0 spiro atoms. The Bertz CT molecular complexity index is 388. The van der Waals surface area contributed by atoms with Crippen molar-refractivity contribution < 1.29 is 14.3 Å². The van der Waals surface area contributed by atoms with Crippen LogP contribution in [-0.2, 0) is 11.2 Å². The van der Waals surface area contributed by atoms with Gasteiger partial charge < -0.3 is 5.11 Å². The molecule has 0 aliphatic heterocycles. The minimum Gasteiger partial charge on any atom is -0.481 e. The summed E-state index contributed by atoms with van der Waals surface area (Å²) in [6.07, 6.45) is 2.78. The van der Waals surface area contributed by atoms with Crippen molar-refractivity contribution in [2.24, 2.45) is 11.8 Å². The van der Waals surface area contributed by atoms with E-state index in [4.69, 9.17) is 5.11 Å². The molecule has 0 radical (unpaired) electrons. The standard InChI is InChI=1S/C15H21FO2/c1-11(2)6-5-8-13(15(17)18)10-12-7-3-4-9-14(12)16/h3-4,7,9,11,13H,5-6,8,10H2,1-2H3,(H,17,18). The van der Waals surface area contributed by atoms with Gasteiger partial charge in [0.15, 0.2) is 0 Å². The maximum atomic E-state index is 13.5. The number of carboxylic acids is 1. The molecular formula is C15H21FO2. The molecule has 0 aliphatic rings. The zero-order chi connectivity index (χ0) is 13.5. The third-order valence-electron chi connectivity index (χ3n) is 3.11. The lowest BCUT2D eigenvalue weighted by molar-refractivity contribution is -0.142. The molecule has 1 aromatic rings. The second kappa shape index (κ2) is 7.14. The number of hydrogen-bond donors (Lipinski definition) is 1. The van der Waals surface area contributed by atoms with E-state index in [9.17, 15) is 9.18 Å². The molecule has 1 unspecified atom stereocenters. The molecule has 0 saturated heterocycles. The van der Waals surface area contributed by atoms with Crippen molar-refractivity contribution in [3.8, 4) is 0 Å². The van der Waals surface area contributed by atoms with Crippen LogP contribution in [0.1, 0.15) is 38.7 Å². The van der Waals surface area contributed by atoms with Crippen molar-refractivity contribution in [1.29, 1.82) is 0 Å². The number of rotatable bonds is 7. The zero-order valence-electron chi connectivity index (χ0n) is 11.0. The van der Waals surface area contributed by atoms with Crippen molar-refractivity contribution in [3.05, 3.63) is 35.6 Å². The number of hydrogen-bond acceptors (Lipinski definition) is 1. The molecular weight excluding hydrogens is 231 g/mol. The number of benzene rings is 1. The third-order valence-corrected chi connectivity index (χ3v) is 3.11. The maximum Gasteiger partial charge on any atom is 0.306 e. The second-order valence-electron chi connectivity index (χ2n) is 5.16. The summed E-state index contributed by atoms with van der Waals surface area (Å²) < 4.78 is 13.5. The van der Waals surface area contributed by atoms with Gasteiger partial charge in [0.2, 0.25) is 0 Å². The normalized spacial score (nSPS) is 12.7. The fourth-order valence-electron chi connectivity index (χ4n) is 2.01. The van der Waals surface area contributed by atoms with Gasteiger partial charge in [0.1, 0.15) is 5.82 Å². The van der Waals surface area contributed by atoms with Gasteiger partial charge >= 0.3 is 5.97 Å². The van der Waals surface area contributed by atoms with E-state index in [1.54, 1.807) is 18.2 Å². The van der Waals surface area contributed by atoms with E-state index in [1.165, 1.54) is 6.07 Å². The lowest BCUT2D eigenvalue weighted by Crippen LogP contribution is -2.17. The highest BCUT2D eigenvalue weighted by molar-refractivity contribution is 5.70. The zero-order valence-corrected chi connectivity index (χ0v) is 11.0. The second-order valence-corrected chi connectivity index (χ2v) is 5.16. The Morgan fingerprint density at radius 2 is 1.94 bits per heavy atom. The molecule has 0 bridgehead atoms. The number of halogens is 1. The Morgan fingerprint density at radius 3 is 2.50 bits per heavy atom. The monoisotopic (exact) mass is 252 g/mol. The summed E-state index contributed by atoms with van der Waals surface area (Å²) in [6, 6.07) is 6.40. The summed E-state index contributed by atoms with van der Waals surface area (Å²) in [7, 11) is 0. The SMILES string of the molecule is CC(C)CCCC(Cc1ccccc1F)C(=O)O. The Balaban J connectivity index is 2.58. The number of carbonyl (C=O) groups is 1. The molecule has 18 heavy (non-hydrogen) atoms. The van der Waals surface area contributed by atoms with Gasteiger partial charge in [-0.05, 0) is 30.4 Å². The van der Waals surface area contributed by atoms with Crippen LogP contribution in [0, 0.1) is 17.7 Å². The predicted molar refractivity (Wildman–Crippen MR) is 69.9 cm³/mol. The van der Waals surface area contributed by atoms with Crippen molar-refractivity contribution in [2.45, 2.75) is 39.5 Å². The first-order valence-corrected chi connectivity index (χ1v) is 6.47. The van der Waals surface area contributed by atoms with Crippen LogP contribution in [0.2, 0.25) is 0 Å². The average molecular weight is 252 g/mol. The smallest absolute Gasteiger partial charge is 0.306 e. The van der Waals surface area contributed by atoms with Crippen LogP contribution in [0.25, 0.3) is 0 Å². The van der Waals surface area contributed by atoms with Crippen LogP contribution in [0.4, 0.5) is 4.39 Å². The van der Waals surface area contributed by atoms with Crippen molar-refractivity contribution in [3.63, 3.8) is 0 Å². The van der Waals surface area contributed by atoms with E-state index in [-0.39, 0.29) is 12.2 Å². The Labute approximate surface area is 108 Å². The topological polar surface area (TPSA) is 37.3 Å². The first kappa shape index (κ1) is 14.7.